The van der Waals surface area contributed by atoms with Crippen molar-refractivity contribution in [2.45, 2.75) is 50.3 Å². The highest BCUT2D eigenvalue weighted by atomic mass is 16.6. The summed E-state index contributed by atoms with van der Waals surface area (Å²) in [7, 11) is 0. The quantitative estimate of drug-likeness (QED) is 0.499. The minimum Gasteiger partial charge on any atom is -0.370 e. The van der Waals surface area contributed by atoms with E-state index in [1.54, 1.807) is 0 Å². The Bertz CT molecular complexity index is 613. The maximum atomic E-state index is 12.3. The van der Waals surface area contributed by atoms with Crippen LogP contribution in [0.2, 0.25) is 0 Å². The summed E-state index contributed by atoms with van der Waals surface area (Å²) < 4.78 is 0. The number of hydrogen-bond acceptors (Lipinski definition) is 5. The highest BCUT2D eigenvalue weighted by Crippen LogP contribution is 2.28. The first-order valence-electron chi connectivity index (χ1n) is 8.50. The Labute approximate surface area is 140 Å². The number of non-ortho nitro benzene ring substituents is 1. The number of aliphatic hydroxyl groups is 1. The molecule has 1 saturated heterocycles. The molecule has 0 spiro atoms. The summed E-state index contributed by atoms with van der Waals surface area (Å²) >= 11 is 0. The van der Waals surface area contributed by atoms with Gasteiger partial charge in [-0.1, -0.05) is 19.3 Å². The number of likely N-dealkylation sites (tertiary alicyclic amines) is 1. The van der Waals surface area contributed by atoms with Gasteiger partial charge in [0, 0.05) is 43.2 Å². The van der Waals surface area contributed by atoms with E-state index in [-0.39, 0.29) is 5.69 Å². The third-order valence-electron chi connectivity index (χ3n) is 5.05. The first kappa shape index (κ1) is 16.9. The molecule has 1 aromatic rings. The van der Waals surface area contributed by atoms with Crippen LogP contribution in [0.4, 0.5) is 5.69 Å². The first-order chi connectivity index (χ1) is 11.5. The molecule has 2 N–H and O–H groups in total. The molecule has 2 fully saturated rings. The van der Waals surface area contributed by atoms with Crippen LogP contribution in [0.1, 0.15) is 48.9 Å². The number of carbonyl (C=O) groups excluding carboxylic acids is 1. The Balaban J connectivity index is 1.60. The van der Waals surface area contributed by atoms with Gasteiger partial charge in [0.25, 0.3) is 11.6 Å². The highest BCUT2D eigenvalue weighted by Gasteiger charge is 2.40. The zero-order valence-corrected chi connectivity index (χ0v) is 13.6. The van der Waals surface area contributed by atoms with Crippen molar-refractivity contribution in [2.75, 3.05) is 13.1 Å². The second kappa shape index (κ2) is 6.86. The average Bonchev–Trinajstić information content (AvgIpc) is 2.97. The van der Waals surface area contributed by atoms with E-state index in [0.29, 0.717) is 24.6 Å². The van der Waals surface area contributed by atoms with Crippen LogP contribution in [-0.4, -0.2) is 45.7 Å². The van der Waals surface area contributed by atoms with Gasteiger partial charge in [-0.15, -0.1) is 0 Å². The summed E-state index contributed by atoms with van der Waals surface area (Å²) in [6.45, 7) is 1.22. The number of benzene rings is 1. The van der Waals surface area contributed by atoms with Crippen LogP contribution in [-0.2, 0) is 0 Å². The molecular formula is C17H23N3O4. The predicted molar refractivity (Wildman–Crippen MR) is 88.6 cm³/mol. The molecule has 1 aliphatic heterocycles. The minimum absolute atomic E-state index is 0.0606. The molecule has 3 rings (SSSR count). The fraction of sp³-hybridized carbons (Fsp3) is 0.588. The van der Waals surface area contributed by atoms with E-state index < -0.39 is 16.6 Å². The molecule has 1 atom stereocenters. The fourth-order valence-corrected chi connectivity index (χ4v) is 3.70. The number of amides is 1. The van der Waals surface area contributed by atoms with Crippen molar-refractivity contribution in [2.24, 2.45) is 0 Å². The molecule has 1 saturated carbocycles. The van der Waals surface area contributed by atoms with Gasteiger partial charge in [0.05, 0.1) is 4.92 Å². The predicted octanol–water partition coefficient (Wildman–Crippen LogP) is 2.05. The Hall–Kier alpha value is -1.99. The molecular weight excluding hydrogens is 310 g/mol. The number of nitro benzene ring substituents is 1. The van der Waals surface area contributed by atoms with Gasteiger partial charge in [-0.3, -0.25) is 19.8 Å². The van der Waals surface area contributed by atoms with E-state index in [2.05, 4.69) is 10.2 Å². The third kappa shape index (κ3) is 3.73. The number of nitrogens with zero attached hydrogens (tertiary/aromatic N) is 2. The van der Waals surface area contributed by atoms with Gasteiger partial charge < -0.3 is 10.4 Å². The van der Waals surface area contributed by atoms with Crippen molar-refractivity contribution < 1.29 is 14.8 Å². The van der Waals surface area contributed by atoms with Crippen molar-refractivity contribution >= 4 is 11.6 Å². The van der Waals surface area contributed by atoms with Crippen LogP contribution in [0.15, 0.2) is 24.3 Å². The summed E-state index contributed by atoms with van der Waals surface area (Å²) in [6, 6.07) is 5.91. The van der Waals surface area contributed by atoms with Gasteiger partial charge in [-0.25, -0.2) is 0 Å². The molecule has 0 aromatic heterocycles. The highest BCUT2D eigenvalue weighted by molar-refractivity contribution is 5.94. The number of nitrogens with one attached hydrogen (secondary N) is 1. The van der Waals surface area contributed by atoms with E-state index in [1.165, 1.54) is 43.5 Å². The van der Waals surface area contributed by atoms with Crippen LogP contribution in [0.3, 0.4) is 0 Å². The zero-order chi connectivity index (χ0) is 17.2. The lowest BCUT2D eigenvalue weighted by Crippen LogP contribution is -2.51. The number of carbonyl (C=O) groups is 1. The van der Waals surface area contributed by atoms with Gasteiger partial charge in [0.2, 0.25) is 0 Å². The molecule has 1 aliphatic carbocycles. The van der Waals surface area contributed by atoms with Gasteiger partial charge in [-0.05, 0) is 25.0 Å². The average molecular weight is 333 g/mol. The first-order valence-corrected chi connectivity index (χ1v) is 8.50. The standard InChI is InChI=1S/C17H23N3O4/c21-16(13-6-8-15(9-7-13)20(23)24)18-17(22)10-11-19(12-17)14-4-2-1-3-5-14/h6-9,14,22H,1-5,10-12H2,(H,18,21). The summed E-state index contributed by atoms with van der Waals surface area (Å²) in [6.07, 6.45) is 6.57. The second-order valence-corrected chi connectivity index (χ2v) is 6.80. The molecule has 1 aromatic carbocycles. The molecule has 1 unspecified atom stereocenters. The normalized spacial score (nSPS) is 25.5. The minimum atomic E-state index is -1.23. The monoisotopic (exact) mass is 333 g/mol. The van der Waals surface area contributed by atoms with Gasteiger partial charge in [-0.2, -0.15) is 0 Å². The maximum Gasteiger partial charge on any atom is 0.269 e. The van der Waals surface area contributed by atoms with E-state index in [9.17, 15) is 20.0 Å². The van der Waals surface area contributed by atoms with Gasteiger partial charge in [0.15, 0.2) is 5.72 Å². The summed E-state index contributed by atoms with van der Waals surface area (Å²) in [5.74, 6) is -0.405. The molecule has 7 heteroatoms. The SMILES string of the molecule is O=C(NC1(O)CCN(C2CCCCC2)C1)c1ccc([N+](=O)[O-])cc1. The Kier molecular flexibility index (Phi) is 4.82. The molecule has 0 bridgehead atoms. The van der Waals surface area contributed by atoms with Crippen molar-refractivity contribution in [1.29, 1.82) is 0 Å². The number of β-amino-alcohol motifs (C(OH)–C–C–N with tert-alkyl or cyclic N) is 1. The van der Waals surface area contributed by atoms with E-state index in [1.807, 2.05) is 0 Å². The maximum absolute atomic E-state index is 12.3. The lowest BCUT2D eigenvalue weighted by Gasteiger charge is -2.32. The van der Waals surface area contributed by atoms with Crippen LogP contribution in [0, 0.1) is 10.1 Å². The van der Waals surface area contributed by atoms with Crippen molar-refractivity contribution in [3.63, 3.8) is 0 Å². The topological polar surface area (TPSA) is 95.7 Å². The molecule has 1 heterocycles. The summed E-state index contributed by atoms with van der Waals surface area (Å²) in [5.41, 5.74) is -0.976. The number of rotatable bonds is 4. The number of nitro groups is 1. The molecule has 0 radical (unpaired) electrons. The lowest BCUT2D eigenvalue weighted by molar-refractivity contribution is -0.384. The van der Waals surface area contributed by atoms with Gasteiger partial charge in [0.1, 0.15) is 0 Å². The van der Waals surface area contributed by atoms with Crippen LogP contribution >= 0.6 is 0 Å². The second-order valence-electron chi connectivity index (χ2n) is 6.80. The molecule has 7 nitrogen and oxygen atoms in total. The molecule has 1 amide bonds. The molecule has 130 valence electrons. The fourth-order valence-electron chi connectivity index (χ4n) is 3.70. The van der Waals surface area contributed by atoms with Crippen LogP contribution in [0.5, 0.6) is 0 Å². The van der Waals surface area contributed by atoms with E-state index >= 15 is 0 Å². The van der Waals surface area contributed by atoms with Crippen LogP contribution in [0.25, 0.3) is 0 Å². The summed E-state index contributed by atoms with van der Waals surface area (Å²) in [5, 5.41) is 24.0. The lowest BCUT2D eigenvalue weighted by atomic mass is 9.94. The Morgan fingerprint density at radius 1 is 1.25 bits per heavy atom. The zero-order valence-electron chi connectivity index (χ0n) is 13.6. The Morgan fingerprint density at radius 2 is 1.92 bits per heavy atom. The largest absolute Gasteiger partial charge is 0.370 e. The summed E-state index contributed by atoms with van der Waals surface area (Å²) in [4.78, 5) is 24.7. The molecule has 24 heavy (non-hydrogen) atoms. The molecule has 2 aliphatic rings. The van der Waals surface area contributed by atoms with E-state index in [4.69, 9.17) is 0 Å². The van der Waals surface area contributed by atoms with Crippen molar-refractivity contribution in [3.8, 4) is 0 Å². The van der Waals surface area contributed by atoms with Crippen molar-refractivity contribution in [1.82, 2.24) is 10.2 Å². The van der Waals surface area contributed by atoms with Crippen molar-refractivity contribution in [3.05, 3.63) is 39.9 Å². The number of hydrogen-bond donors (Lipinski definition) is 2. The Morgan fingerprint density at radius 3 is 2.54 bits per heavy atom. The third-order valence-corrected chi connectivity index (χ3v) is 5.05. The van der Waals surface area contributed by atoms with E-state index in [0.717, 1.165) is 19.4 Å². The van der Waals surface area contributed by atoms with Gasteiger partial charge >= 0.3 is 0 Å². The smallest absolute Gasteiger partial charge is 0.269 e. The van der Waals surface area contributed by atoms with Crippen LogP contribution < -0.4 is 5.32 Å².